The van der Waals surface area contributed by atoms with E-state index < -0.39 is 34.6 Å². The summed E-state index contributed by atoms with van der Waals surface area (Å²) in [4.78, 5) is 22.0. The minimum Gasteiger partial charge on any atom is -0.289 e. The molecule has 0 aliphatic carbocycles. The molecular formula is C21H22BF5N2O2. The first kappa shape index (κ1) is 24.5. The first-order chi connectivity index (χ1) is 14.6. The van der Waals surface area contributed by atoms with E-state index in [1.165, 1.54) is 12.2 Å². The molecule has 2 aliphatic heterocycles. The molecule has 1 aromatic rings. The Hall–Kier alpha value is -2.78. The molecule has 0 aromatic heterocycles. The van der Waals surface area contributed by atoms with Gasteiger partial charge in [0.25, 0.3) is 11.8 Å². The Morgan fingerprint density at radius 1 is 1.03 bits per heavy atom. The van der Waals surface area contributed by atoms with Crippen molar-refractivity contribution in [3.8, 4) is 0 Å². The van der Waals surface area contributed by atoms with Crippen LogP contribution in [0.25, 0.3) is 0 Å². The molecule has 0 spiro atoms. The Morgan fingerprint density at radius 3 is 2.06 bits per heavy atom. The van der Waals surface area contributed by atoms with E-state index in [4.69, 9.17) is 0 Å². The van der Waals surface area contributed by atoms with Gasteiger partial charge in [-0.3, -0.25) is 14.9 Å². The Morgan fingerprint density at radius 2 is 1.58 bits per heavy atom. The molecule has 2 amide bonds. The van der Waals surface area contributed by atoms with Crippen LogP contribution in [-0.4, -0.2) is 42.2 Å². The number of rotatable bonds is 7. The molecule has 0 fully saturated rings. The molecule has 0 radical (unpaired) electrons. The second kappa shape index (κ2) is 11.0. The van der Waals surface area contributed by atoms with Crippen molar-refractivity contribution in [1.82, 2.24) is 10.1 Å². The molecule has 1 N–H and O–H groups in total. The number of hydrogen-bond donors (Lipinski definition) is 1. The van der Waals surface area contributed by atoms with Gasteiger partial charge in [-0.2, -0.15) is 0 Å². The fraction of sp³-hybridized carbons (Fsp3) is 0.381. The standard InChI is InChI=1S/C17H19BF5N.C4H3NO2/c1-3-4-5-10(2)9-24-7-6-11(18-24)8-12-13(19)15(21)17(23)16(22)14(12)20;6-3-1-2-4(7)5-3/h2-9H2,1H3;1-2H,(H,5,6,7). The Kier molecular flexibility index (Phi) is 8.71. The number of benzene rings is 1. The summed E-state index contributed by atoms with van der Waals surface area (Å²) < 4.78 is 67.0. The van der Waals surface area contributed by atoms with Crippen LogP contribution in [0, 0.1) is 29.1 Å². The number of carbonyl (C=O) groups is 2. The van der Waals surface area contributed by atoms with Crippen molar-refractivity contribution < 1.29 is 31.5 Å². The van der Waals surface area contributed by atoms with Crippen LogP contribution in [0.5, 0.6) is 0 Å². The van der Waals surface area contributed by atoms with Crippen molar-refractivity contribution in [2.45, 2.75) is 39.0 Å². The number of halogens is 5. The number of hydrogen-bond acceptors (Lipinski definition) is 3. The molecule has 4 nitrogen and oxygen atoms in total. The molecule has 1 aromatic carbocycles. The zero-order valence-corrected chi connectivity index (χ0v) is 17.0. The average Bonchev–Trinajstić information content (AvgIpc) is 3.34. The monoisotopic (exact) mass is 440 g/mol. The van der Waals surface area contributed by atoms with E-state index in [1.54, 1.807) is 7.06 Å². The van der Waals surface area contributed by atoms with Gasteiger partial charge in [-0.15, -0.1) is 0 Å². The van der Waals surface area contributed by atoms with E-state index in [-0.39, 0.29) is 18.2 Å². The van der Waals surface area contributed by atoms with E-state index in [1.807, 2.05) is 10.1 Å². The summed E-state index contributed by atoms with van der Waals surface area (Å²) in [6.45, 7) is 7.37. The van der Waals surface area contributed by atoms with Crippen LogP contribution >= 0.6 is 0 Å². The average molecular weight is 440 g/mol. The summed E-state index contributed by atoms with van der Waals surface area (Å²) >= 11 is 0. The SMILES string of the molecule is C=C(CCCC)CN1B=C(Cc2c(F)c(F)c(F)c(F)c2F)CC1.O=C1C=CC(=O)N1. The second-order valence-corrected chi connectivity index (χ2v) is 7.27. The van der Waals surface area contributed by atoms with Gasteiger partial charge >= 0.3 is 138 Å². The topological polar surface area (TPSA) is 49.4 Å². The van der Waals surface area contributed by atoms with Gasteiger partial charge in [-0.25, -0.2) is 0 Å². The molecule has 0 bridgehead atoms. The molecule has 166 valence electrons. The van der Waals surface area contributed by atoms with Crippen molar-refractivity contribution in [2.75, 3.05) is 13.1 Å². The summed E-state index contributed by atoms with van der Waals surface area (Å²) in [6.07, 6.45) is 5.66. The maximum Gasteiger partial charge on any atom is 0.250 e. The van der Waals surface area contributed by atoms with Gasteiger partial charge < -0.3 is 0 Å². The third-order valence-corrected chi connectivity index (χ3v) is 4.73. The summed E-state index contributed by atoms with van der Waals surface area (Å²) in [7, 11) is 1.73. The Bertz CT molecular complexity index is 901. The van der Waals surface area contributed by atoms with Crippen molar-refractivity contribution in [3.63, 3.8) is 0 Å². The van der Waals surface area contributed by atoms with Crippen LogP contribution in [0.3, 0.4) is 0 Å². The third-order valence-electron chi connectivity index (χ3n) is 4.73. The first-order valence-corrected chi connectivity index (χ1v) is 9.77. The van der Waals surface area contributed by atoms with Crippen LogP contribution in [-0.2, 0) is 16.0 Å². The van der Waals surface area contributed by atoms with Crippen LogP contribution in [0.15, 0.2) is 24.3 Å². The van der Waals surface area contributed by atoms with Gasteiger partial charge in [-0.05, 0) is 0 Å². The first-order valence-electron chi connectivity index (χ1n) is 9.77. The zero-order valence-electron chi connectivity index (χ0n) is 17.0. The van der Waals surface area contributed by atoms with Crippen molar-refractivity contribution in [3.05, 3.63) is 59.0 Å². The summed E-state index contributed by atoms with van der Waals surface area (Å²) in [5, 5.41) is 2.03. The van der Waals surface area contributed by atoms with Gasteiger partial charge in [0, 0.05) is 12.2 Å². The number of imide groups is 1. The van der Waals surface area contributed by atoms with E-state index in [9.17, 15) is 31.5 Å². The molecule has 2 heterocycles. The number of nitrogens with zero attached hydrogens (tertiary/aromatic N) is 1. The van der Waals surface area contributed by atoms with Crippen LogP contribution in [0.4, 0.5) is 22.0 Å². The minimum atomic E-state index is -2.12. The molecule has 0 saturated heterocycles. The molecule has 0 saturated carbocycles. The zero-order chi connectivity index (χ0) is 23.1. The predicted molar refractivity (Wildman–Crippen MR) is 108 cm³/mol. The largest absolute Gasteiger partial charge is 0.289 e. The molecule has 10 heteroatoms. The quantitative estimate of drug-likeness (QED) is 0.177. The third kappa shape index (κ3) is 6.60. The van der Waals surface area contributed by atoms with E-state index >= 15 is 0 Å². The fourth-order valence-corrected chi connectivity index (χ4v) is 3.12. The molecule has 0 unspecified atom stereocenters. The van der Waals surface area contributed by atoms with Gasteiger partial charge in [0.15, 0.2) is 0 Å². The number of carbonyl (C=O) groups excluding carboxylic acids is 2. The van der Waals surface area contributed by atoms with Crippen molar-refractivity contribution in [1.29, 1.82) is 0 Å². The fourth-order valence-electron chi connectivity index (χ4n) is 3.12. The Balaban J connectivity index is 0.000000412. The van der Waals surface area contributed by atoms with E-state index in [0.717, 1.165) is 24.8 Å². The smallest absolute Gasteiger partial charge is 0.250 e. The summed E-state index contributed by atoms with van der Waals surface area (Å²) in [5.74, 6) is -10.1. The van der Waals surface area contributed by atoms with Gasteiger partial charge in [0.05, 0.1) is 0 Å². The van der Waals surface area contributed by atoms with Crippen LogP contribution in [0.1, 0.15) is 38.2 Å². The summed E-state index contributed by atoms with van der Waals surface area (Å²) in [5.41, 5.74) is 0.927. The number of unbranched alkanes of at least 4 members (excludes halogenated alkanes) is 1. The van der Waals surface area contributed by atoms with Crippen LogP contribution < -0.4 is 5.32 Å². The molecular weight excluding hydrogens is 418 g/mol. The normalized spacial score (nSPS) is 14.8. The van der Waals surface area contributed by atoms with Gasteiger partial charge in [0.2, 0.25) is 0 Å². The van der Waals surface area contributed by atoms with Crippen molar-refractivity contribution in [2.24, 2.45) is 0 Å². The van der Waals surface area contributed by atoms with E-state index in [2.05, 4.69) is 13.5 Å². The molecule has 31 heavy (non-hydrogen) atoms. The van der Waals surface area contributed by atoms with Gasteiger partial charge in [0.1, 0.15) is 0 Å². The molecule has 3 rings (SSSR count). The molecule has 2 aliphatic rings. The summed E-state index contributed by atoms with van der Waals surface area (Å²) in [6, 6.07) is 0. The maximum absolute atomic E-state index is 13.7. The molecule has 0 atom stereocenters. The minimum absolute atomic E-state index is 0.288. The van der Waals surface area contributed by atoms with E-state index in [0.29, 0.717) is 25.0 Å². The van der Waals surface area contributed by atoms with Gasteiger partial charge in [-0.1, -0.05) is 0 Å². The predicted octanol–water partition coefficient (Wildman–Crippen LogP) is 3.37. The van der Waals surface area contributed by atoms with Crippen LogP contribution in [0.2, 0.25) is 0 Å². The number of amides is 2. The second-order valence-electron chi connectivity index (χ2n) is 7.27. The Labute approximate surface area is 177 Å². The van der Waals surface area contributed by atoms with Crippen molar-refractivity contribution >= 4 is 24.3 Å². The number of nitrogens with one attached hydrogen (secondary N) is 1. The maximum atomic E-state index is 13.7.